The van der Waals surface area contributed by atoms with Gasteiger partial charge in [0.25, 0.3) is 0 Å². The zero-order valence-electron chi connectivity index (χ0n) is 42.5. The van der Waals surface area contributed by atoms with Crippen LogP contribution in [0.3, 0.4) is 0 Å². The molecular formula is C54H86N2O16. The van der Waals surface area contributed by atoms with E-state index in [2.05, 4.69) is 5.32 Å². The Balaban J connectivity index is 1.61. The Labute approximate surface area is 425 Å². The Bertz CT molecular complexity index is 1830. The van der Waals surface area contributed by atoms with E-state index < -0.39 is 147 Å². The molecular weight excluding hydrogens is 933 g/mol. The molecule has 0 radical (unpaired) electrons. The SMILES string of the molecule is C[C@@H]1[C@H](O)[C@@H](C)/C=C/C=C/C=C/C=C/C=C/C=C/C=C/[C@H](O[C@@H]2O[C@H](C)[C@@H](O)[C@H](N)[C@@H]2O)C[C@@H]2O[C@](O)(C[C@@H](O)C[C@@H](O)[C@H](O)CC[C@@H](O)C[C@@H](O)CC(=O)O[C@H]1C)C[C@H](O)[C@H]2C(=O)NC1CCCCCC1. The van der Waals surface area contributed by atoms with Crippen LogP contribution in [0.4, 0.5) is 0 Å². The fourth-order valence-corrected chi connectivity index (χ4v) is 9.71. The van der Waals surface area contributed by atoms with Crippen LogP contribution in [0, 0.1) is 17.8 Å². The Kier molecular flexibility index (Phi) is 26.2. The first-order valence-electron chi connectivity index (χ1n) is 25.9. The van der Waals surface area contributed by atoms with Crippen LogP contribution in [-0.4, -0.2) is 166 Å². The van der Waals surface area contributed by atoms with Gasteiger partial charge in [-0.05, 0) is 46.0 Å². The quantitative estimate of drug-likeness (QED) is 0.142. The fourth-order valence-electron chi connectivity index (χ4n) is 9.71. The van der Waals surface area contributed by atoms with Gasteiger partial charge in [0.2, 0.25) is 5.91 Å². The summed E-state index contributed by atoms with van der Waals surface area (Å²) in [5.41, 5.74) is 6.14. The van der Waals surface area contributed by atoms with E-state index in [-0.39, 0.29) is 37.6 Å². The maximum absolute atomic E-state index is 14.2. The molecule has 3 aliphatic heterocycles. The number of esters is 1. The maximum Gasteiger partial charge on any atom is 0.308 e. The molecule has 3 fully saturated rings. The van der Waals surface area contributed by atoms with Crippen molar-refractivity contribution in [2.75, 3.05) is 0 Å². The predicted molar refractivity (Wildman–Crippen MR) is 269 cm³/mol. The smallest absolute Gasteiger partial charge is 0.308 e. The first-order chi connectivity index (χ1) is 34.2. The third-order valence-corrected chi connectivity index (χ3v) is 14.2. The van der Waals surface area contributed by atoms with Crippen molar-refractivity contribution < 1.29 is 79.6 Å². The molecule has 0 spiro atoms. The average molecular weight is 1020 g/mol. The molecule has 2 bridgehead atoms. The fraction of sp³-hybridized carbons (Fsp3) is 0.704. The van der Waals surface area contributed by atoms with Crippen LogP contribution < -0.4 is 11.1 Å². The van der Waals surface area contributed by atoms with E-state index in [0.29, 0.717) is 0 Å². The molecule has 0 aromatic heterocycles. The minimum Gasteiger partial charge on any atom is -0.462 e. The molecule has 1 aliphatic carbocycles. The molecule has 2 saturated heterocycles. The highest BCUT2D eigenvalue weighted by molar-refractivity contribution is 5.80. The largest absolute Gasteiger partial charge is 0.462 e. The van der Waals surface area contributed by atoms with E-state index in [0.717, 1.165) is 38.5 Å². The lowest BCUT2D eigenvalue weighted by Crippen LogP contribution is -2.62. The number of hydrogen-bond donors (Lipinski definition) is 12. The monoisotopic (exact) mass is 1020 g/mol. The van der Waals surface area contributed by atoms with Gasteiger partial charge in [0.1, 0.15) is 12.2 Å². The number of allylic oxidation sites excluding steroid dienone is 12. The summed E-state index contributed by atoms with van der Waals surface area (Å²) in [7, 11) is 0. The standard InChI is InChI=1S/C54H86N2O16/c1-33-21-17-13-11-9-7-5-6-8-10-12-14-20-24-41(71-53-51(66)48(55)50(65)36(4)70-53)30-45-47(52(67)56-37-22-18-15-16-19-23-37)44(62)32-54(68,72-45)31-40(59)28-43(61)42(60)26-25-38(57)27-39(58)29-46(63)69-35(3)34(2)49(33)64/h5-14,17,20-21,24,33-45,47-51,53,57-62,64-66,68H,15-16,18-19,22-23,25-32,55H2,1-4H3,(H,56,67)/b6-5+,9-7+,10-8+,13-11+,14-12+,21-17+,24-20+/t33-,34-,35-,36+,38+,39+,40-,41-,42+,43+,44-,45-,47+,48-,49+,50+,51-,53-,54+/m0/s1. The van der Waals surface area contributed by atoms with Gasteiger partial charge in [0.15, 0.2) is 12.1 Å². The molecule has 72 heavy (non-hydrogen) atoms. The number of aliphatic hydroxyl groups excluding tert-OH is 9. The van der Waals surface area contributed by atoms with Crippen LogP contribution in [0.15, 0.2) is 85.1 Å². The number of aliphatic hydroxyl groups is 10. The van der Waals surface area contributed by atoms with Crippen molar-refractivity contribution in [2.45, 2.75) is 221 Å². The lowest BCUT2D eigenvalue weighted by atomic mass is 9.82. The zero-order chi connectivity index (χ0) is 53.0. The van der Waals surface area contributed by atoms with Gasteiger partial charge in [-0.2, -0.15) is 0 Å². The van der Waals surface area contributed by atoms with Crippen molar-refractivity contribution in [1.82, 2.24) is 5.32 Å². The lowest BCUT2D eigenvalue weighted by Gasteiger charge is -2.46. The van der Waals surface area contributed by atoms with E-state index in [1.54, 1.807) is 57.2 Å². The van der Waals surface area contributed by atoms with Gasteiger partial charge in [-0.1, -0.05) is 125 Å². The van der Waals surface area contributed by atoms with Gasteiger partial charge >= 0.3 is 5.97 Å². The van der Waals surface area contributed by atoms with E-state index in [1.165, 1.54) is 0 Å². The van der Waals surface area contributed by atoms with Crippen LogP contribution in [0.25, 0.3) is 0 Å². The number of carbonyl (C=O) groups excluding carboxylic acids is 2. The summed E-state index contributed by atoms with van der Waals surface area (Å²) in [6.07, 6.45) is 10.7. The molecule has 4 rings (SSSR count). The van der Waals surface area contributed by atoms with Crippen molar-refractivity contribution in [2.24, 2.45) is 23.5 Å². The number of nitrogens with two attached hydrogens (primary N) is 1. The van der Waals surface area contributed by atoms with Crippen LogP contribution in [-0.2, 0) is 28.5 Å². The van der Waals surface area contributed by atoms with E-state index in [9.17, 15) is 60.7 Å². The first-order valence-corrected chi connectivity index (χ1v) is 25.9. The number of fused-ring (bicyclic) bond motifs is 2. The molecule has 0 unspecified atom stereocenters. The van der Waals surface area contributed by atoms with Crippen LogP contribution in [0.5, 0.6) is 0 Å². The Morgan fingerprint density at radius 2 is 1.22 bits per heavy atom. The highest BCUT2D eigenvalue weighted by atomic mass is 16.7. The highest BCUT2D eigenvalue weighted by Gasteiger charge is 2.51. The second-order valence-corrected chi connectivity index (χ2v) is 20.4. The third-order valence-electron chi connectivity index (χ3n) is 14.2. The molecule has 0 aromatic carbocycles. The number of cyclic esters (lactones) is 1. The molecule has 18 nitrogen and oxygen atoms in total. The Morgan fingerprint density at radius 1 is 0.639 bits per heavy atom. The Hall–Kier alpha value is -3.44. The molecule has 1 saturated carbocycles. The van der Waals surface area contributed by atoms with Gasteiger partial charge in [-0.15, -0.1) is 0 Å². The minimum absolute atomic E-state index is 0.0856. The van der Waals surface area contributed by atoms with Gasteiger partial charge in [-0.3, -0.25) is 9.59 Å². The van der Waals surface area contributed by atoms with Crippen molar-refractivity contribution in [1.29, 1.82) is 0 Å². The number of hydrogen-bond acceptors (Lipinski definition) is 17. The predicted octanol–water partition coefficient (Wildman–Crippen LogP) is 2.47. The van der Waals surface area contributed by atoms with Crippen molar-refractivity contribution in [3.63, 3.8) is 0 Å². The number of rotatable bonds is 4. The van der Waals surface area contributed by atoms with Gasteiger partial charge in [0, 0.05) is 43.6 Å². The highest BCUT2D eigenvalue weighted by Crippen LogP contribution is 2.38. The summed E-state index contributed by atoms with van der Waals surface area (Å²) >= 11 is 0. The topological polar surface area (TPSA) is 311 Å². The molecule has 19 atom stereocenters. The van der Waals surface area contributed by atoms with Crippen molar-refractivity contribution >= 4 is 11.9 Å². The second kappa shape index (κ2) is 30.8. The lowest BCUT2D eigenvalue weighted by molar-refractivity contribution is -0.307. The summed E-state index contributed by atoms with van der Waals surface area (Å²) in [5.74, 6) is -5.41. The van der Waals surface area contributed by atoms with Crippen molar-refractivity contribution in [3.05, 3.63) is 85.1 Å². The third kappa shape index (κ3) is 20.4. The number of ether oxygens (including phenoxy) is 4. The van der Waals surface area contributed by atoms with Gasteiger partial charge < -0.3 is 81.1 Å². The summed E-state index contributed by atoms with van der Waals surface area (Å²) < 4.78 is 24.0. The molecule has 13 N–H and O–H groups in total. The first kappa shape index (κ1) is 61.1. The van der Waals surface area contributed by atoms with Crippen LogP contribution in [0.1, 0.15) is 118 Å². The number of carbonyl (C=O) groups is 2. The molecule has 1 amide bonds. The molecule has 4 aliphatic rings. The molecule has 0 aromatic rings. The van der Waals surface area contributed by atoms with E-state index >= 15 is 0 Å². The minimum atomic E-state index is -2.25. The number of nitrogens with one attached hydrogen (secondary N) is 1. The number of amides is 1. The van der Waals surface area contributed by atoms with Gasteiger partial charge in [-0.25, -0.2) is 0 Å². The van der Waals surface area contributed by atoms with Gasteiger partial charge in [0.05, 0.1) is 85.5 Å². The summed E-state index contributed by atoms with van der Waals surface area (Å²) in [4.78, 5) is 26.9. The summed E-state index contributed by atoms with van der Waals surface area (Å²) in [5, 5.41) is 114. The molecule has 408 valence electrons. The van der Waals surface area contributed by atoms with E-state index in [4.69, 9.17) is 24.7 Å². The summed E-state index contributed by atoms with van der Waals surface area (Å²) in [6.45, 7) is 6.83. The second-order valence-electron chi connectivity index (χ2n) is 20.4. The Morgan fingerprint density at radius 3 is 1.83 bits per heavy atom. The van der Waals surface area contributed by atoms with Crippen LogP contribution >= 0.6 is 0 Å². The van der Waals surface area contributed by atoms with E-state index in [1.807, 2.05) is 55.5 Å². The summed E-state index contributed by atoms with van der Waals surface area (Å²) in [6, 6.07) is -1.26. The molecule has 3 heterocycles. The average Bonchev–Trinajstić information content (AvgIpc) is 3.58. The van der Waals surface area contributed by atoms with Crippen molar-refractivity contribution in [3.8, 4) is 0 Å². The zero-order valence-corrected chi connectivity index (χ0v) is 42.5. The molecule has 18 heteroatoms. The maximum atomic E-state index is 14.2. The van der Waals surface area contributed by atoms with Crippen LogP contribution in [0.2, 0.25) is 0 Å². The normalized spacial score (nSPS) is 43.9.